The molecule has 2 aliphatic heterocycles. The first-order valence-corrected chi connectivity index (χ1v) is 9.78. The van der Waals surface area contributed by atoms with Crippen molar-refractivity contribution >= 4 is 6.09 Å². The maximum atomic E-state index is 11.5. The zero-order valence-corrected chi connectivity index (χ0v) is 16.5. The molecule has 2 aromatic carbocycles. The lowest BCUT2D eigenvalue weighted by Gasteiger charge is -2.35. The number of hydrogen-bond donors (Lipinski definition) is 1. The molecule has 0 spiro atoms. The minimum Gasteiger partial charge on any atom is -0.465 e. The number of hydrogen-bond acceptors (Lipinski definition) is 2. The van der Waals surface area contributed by atoms with Crippen molar-refractivity contribution in [2.45, 2.75) is 26.3 Å². The third-order valence-electron chi connectivity index (χ3n) is 5.82. The van der Waals surface area contributed by atoms with Crippen molar-refractivity contribution in [1.29, 1.82) is 0 Å². The van der Waals surface area contributed by atoms with Gasteiger partial charge in [-0.25, -0.2) is 4.79 Å². The first-order valence-electron chi connectivity index (χ1n) is 9.78. The first kappa shape index (κ1) is 19.4. The van der Waals surface area contributed by atoms with E-state index < -0.39 is 6.09 Å². The molecule has 4 heteroatoms. The molecule has 2 aliphatic rings. The van der Waals surface area contributed by atoms with Crippen LogP contribution in [0, 0.1) is 11.8 Å². The molecule has 0 aliphatic carbocycles. The lowest BCUT2D eigenvalue weighted by Crippen LogP contribution is -2.39. The van der Waals surface area contributed by atoms with Gasteiger partial charge in [0.25, 0.3) is 0 Å². The van der Waals surface area contributed by atoms with Crippen LogP contribution in [-0.2, 0) is 6.42 Å². The van der Waals surface area contributed by atoms with Crippen molar-refractivity contribution in [3.05, 3.63) is 71.3 Å². The Labute approximate surface area is 162 Å². The molecule has 4 rings (SSSR count). The zero-order valence-electron chi connectivity index (χ0n) is 16.5. The van der Waals surface area contributed by atoms with E-state index in [0.717, 1.165) is 29.4 Å². The lowest BCUT2D eigenvalue weighted by atomic mass is 9.88. The highest BCUT2D eigenvalue weighted by Gasteiger charge is 2.31. The average Bonchev–Trinajstić information content (AvgIpc) is 2.97. The number of amides is 1. The third-order valence-corrected chi connectivity index (χ3v) is 5.82. The molecule has 2 heterocycles. The number of likely N-dealkylation sites (tertiary alicyclic amines) is 1. The van der Waals surface area contributed by atoms with Crippen molar-refractivity contribution < 1.29 is 9.90 Å². The fourth-order valence-corrected chi connectivity index (χ4v) is 4.19. The Bertz CT molecular complexity index is 752. The van der Waals surface area contributed by atoms with E-state index in [0.29, 0.717) is 6.54 Å². The smallest absolute Gasteiger partial charge is 0.408 e. The molecule has 0 saturated carbocycles. The number of rotatable bonds is 1. The summed E-state index contributed by atoms with van der Waals surface area (Å²) in [6.45, 7) is 7.79. The second-order valence-corrected chi connectivity index (χ2v) is 7.91. The predicted octanol–water partition coefficient (Wildman–Crippen LogP) is 4.52. The monoisotopic (exact) mass is 366 g/mol. The standard InChI is InChI=1S/C16H15NO2.C7H15N/c18-16(19)17-11-10-12-6-4-5-9-14(12)15(17)13-7-2-1-3-8-13;1-6-4-8(3)5-7(6)2/h1-9,15H,10-11H2,(H,18,19);6-7H,4-5H2,1-3H3/t15-;/m0./s1. The second kappa shape index (κ2) is 8.57. The van der Waals surface area contributed by atoms with Gasteiger partial charge >= 0.3 is 6.09 Å². The summed E-state index contributed by atoms with van der Waals surface area (Å²) in [5.74, 6) is 1.83. The van der Waals surface area contributed by atoms with Crippen LogP contribution in [0.2, 0.25) is 0 Å². The van der Waals surface area contributed by atoms with Crippen molar-refractivity contribution in [2.75, 3.05) is 26.7 Å². The van der Waals surface area contributed by atoms with Crippen LogP contribution in [-0.4, -0.2) is 47.7 Å². The van der Waals surface area contributed by atoms with Crippen molar-refractivity contribution in [1.82, 2.24) is 9.80 Å². The van der Waals surface area contributed by atoms with Gasteiger partial charge in [-0.15, -0.1) is 0 Å². The van der Waals surface area contributed by atoms with Gasteiger partial charge in [-0.3, -0.25) is 4.90 Å². The van der Waals surface area contributed by atoms with E-state index >= 15 is 0 Å². The first-order chi connectivity index (χ1) is 13.0. The number of carbonyl (C=O) groups is 1. The van der Waals surface area contributed by atoms with Crippen molar-refractivity contribution in [2.24, 2.45) is 11.8 Å². The quantitative estimate of drug-likeness (QED) is 0.807. The summed E-state index contributed by atoms with van der Waals surface area (Å²) < 4.78 is 0. The van der Waals surface area contributed by atoms with Crippen molar-refractivity contribution in [3.63, 3.8) is 0 Å². The molecular formula is C23H30N2O2. The Kier molecular flexibility index (Phi) is 6.17. The molecule has 2 unspecified atom stereocenters. The van der Waals surface area contributed by atoms with E-state index in [1.807, 2.05) is 48.5 Å². The summed E-state index contributed by atoms with van der Waals surface area (Å²) in [5.41, 5.74) is 3.37. The van der Waals surface area contributed by atoms with Crippen LogP contribution in [0.5, 0.6) is 0 Å². The van der Waals surface area contributed by atoms with Gasteiger partial charge in [0.2, 0.25) is 0 Å². The summed E-state index contributed by atoms with van der Waals surface area (Å²) in [5, 5.41) is 9.42. The fraction of sp³-hybridized carbons (Fsp3) is 0.435. The van der Waals surface area contributed by atoms with Crippen LogP contribution in [0.4, 0.5) is 4.79 Å². The number of carboxylic acid groups (broad SMARTS) is 1. The summed E-state index contributed by atoms with van der Waals surface area (Å²) in [6.07, 6.45) is -0.0745. The molecule has 144 valence electrons. The molecule has 3 atom stereocenters. The molecular weight excluding hydrogens is 336 g/mol. The Morgan fingerprint density at radius 1 is 0.963 bits per heavy atom. The Hall–Kier alpha value is -2.33. The van der Waals surface area contributed by atoms with Gasteiger partial charge in [0.1, 0.15) is 0 Å². The van der Waals surface area contributed by atoms with E-state index in [2.05, 4.69) is 31.9 Å². The Morgan fingerprint density at radius 2 is 1.56 bits per heavy atom. The van der Waals surface area contributed by atoms with Crippen LogP contribution < -0.4 is 0 Å². The molecule has 2 aromatic rings. The van der Waals surface area contributed by atoms with Crippen LogP contribution in [0.1, 0.15) is 36.6 Å². The molecule has 1 saturated heterocycles. The van der Waals surface area contributed by atoms with Gasteiger partial charge in [0.05, 0.1) is 6.04 Å². The third kappa shape index (κ3) is 4.51. The normalized spacial score (nSPS) is 24.7. The fourth-order valence-electron chi connectivity index (χ4n) is 4.19. The number of benzene rings is 2. The van der Waals surface area contributed by atoms with E-state index in [-0.39, 0.29) is 6.04 Å². The maximum Gasteiger partial charge on any atom is 0.408 e. The number of nitrogens with zero attached hydrogens (tertiary/aromatic N) is 2. The molecule has 0 aromatic heterocycles. The van der Waals surface area contributed by atoms with Gasteiger partial charge in [-0.05, 0) is 42.0 Å². The predicted molar refractivity (Wildman–Crippen MR) is 109 cm³/mol. The molecule has 0 radical (unpaired) electrons. The summed E-state index contributed by atoms with van der Waals surface area (Å²) >= 11 is 0. The van der Waals surface area contributed by atoms with Crippen LogP contribution in [0.25, 0.3) is 0 Å². The van der Waals surface area contributed by atoms with E-state index in [9.17, 15) is 9.90 Å². The van der Waals surface area contributed by atoms with Gasteiger partial charge < -0.3 is 10.0 Å². The molecule has 0 bridgehead atoms. The SMILES string of the molecule is CC1CN(C)CC1C.O=C(O)N1CCc2ccccc2[C@@H]1c1ccccc1. The minimum atomic E-state index is -0.858. The Balaban J connectivity index is 0.000000221. The number of fused-ring (bicyclic) bond motifs is 1. The largest absolute Gasteiger partial charge is 0.465 e. The van der Waals surface area contributed by atoms with Gasteiger partial charge in [-0.2, -0.15) is 0 Å². The minimum absolute atomic E-state index is 0.191. The molecule has 1 fully saturated rings. The Morgan fingerprint density at radius 3 is 2.11 bits per heavy atom. The molecule has 4 nitrogen and oxygen atoms in total. The molecule has 1 amide bonds. The highest BCUT2D eigenvalue weighted by Crippen LogP contribution is 2.34. The van der Waals surface area contributed by atoms with Gasteiger partial charge in [-0.1, -0.05) is 68.4 Å². The topological polar surface area (TPSA) is 43.8 Å². The lowest BCUT2D eigenvalue weighted by molar-refractivity contribution is 0.129. The van der Waals surface area contributed by atoms with Crippen LogP contribution in [0.3, 0.4) is 0 Å². The van der Waals surface area contributed by atoms with E-state index in [1.165, 1.54) is 23.6 Å². The summed E-state index contributed by atoms with van der Waals surface area (Å²) in [4.78, 5) is 15.4. The van der Waals surface area contributed by atoms with Crippen molar-refractivity contribution in [3.8, 4) is 0 Å². The zero-order chi connectivity index (χ0) is 19.4. The summed E-state index contributed by atoms with van der Waals surface area (Å²) in [7, 11) is 2.19. The second-order valence-electron chi connectivity index (χ2n) is 7.91. The van der Waals surface area contributed by atoms with E-state index in [1.54, 1.807) is 0 Å². The van der Waals surface area contributed by atoms with Gasteiger partial charge in [0.15, 0.2) is 0 Å². The average molecular weight is 367 g/mol. The molecule has 1 N–H and O–H groups in total. The highest BCUT2D eigenvalue weighted by molar-refractivity contribution is 5.67. The maximum absolute atomic E-state index is 11.5. The highest BCUT2D eigenvalue weighted by atomic mass is 16.4. The summed E-state index contributed by atoms with van der Waals surface area (Å²) in [6, 6.07) is 17.7. The van der Waals surface area contributed by atoms with Gasteiger partial charge in [0, 0.05) is 19.6 Å². The van der Waals surface area contributed by atoms with Crippen LogP contribution >= 0.6 is 0 Å². The van der Waals surface area contributed by atoms with E-state index in [4.69, 9.17) is 0 Å². The van der Waals surface area contributed by atoms with Crippen LogP contribution in [0.15, 0.2) is 54.6 Å². The molecule has 27 heavy (non-hydrogen) atoms.